The zero-order valence-corrected chi connectivity index (χ0v) is 14.1. The minimum atomic E-state index is -0.325. The first-order valence-corrected chi connectivity index (χ1v) is 8.37. The minimum Gasteiger partial charge on any atom is -0.373 e. The third kappa shape index (κ3) is 3.50. The molecule has 2 fully saturated rings. The molecule has 23 heavy (non-hydrogen) atoms. The van der Waals surface area contributed by atoms with E-state index in [2.05, 4.69) is 15.6 Å². The Kier molecular flexibility index (Phi) is 4.57. The lowest BCUT2D eigenvalue weighted by molar-refractivity contribution is 0.0992. The quantitative estimate of drug-likeness (QED) is 0.662. The number of benzene rings is 1. The van der Waals surface area contributed by atoms with Crippen molar-refractivity contribution in [3.63, 3.8) is 0 Å². The summed E-state index contributed by atoms with van der Waals surface area (Å²) in [4.78, 5) is 4.30. The van der Waals surface area contributed by atoms with Gasteiger partial charge in [0.05, 0.1) is 18.2 Å². The Morgan fingerprint density at radius 2 is 2.13 bits per heavy atom. The third-order valence-electron chi connectivity index (χ3n) is 4.95. The molecule has 3 unspecified atom stereocenters. The Morgan fingerprint density at radius 1 is 1.35 bits per heavy atom. The lowest BCUT2D eigenvalue weighted by Gasteiger charge is -2.28. The van der Waals surface area contributed by atoms with Gasteiger partial charge < -0.3 is 15.4 Å². The van der Waals surface area contributed by atoms with Gasteiger partial charge in [-0.2, -0.15) is 0 Å². The van der Waals surface area contributed by atoms with Crippen molar-refractivity contribution in [1.29, 1.82) is 0 Å². The van der Waals surface area contributed by atoms with Gasteiger partial charge in [-0.05, 0) is 30.9 Å². The van der Waals surface area contributed by atoms with E-state index in [1.165, 1.54) is 12.5 Å². The van der Waals surface area contributed by atoms with Gasteiger partial charge in [0.1, 0.15) is 5.82 Å². The van der Waals surface area contributed by atoms with E-state index in [0.29, 0.717) is 30.4 Å². The summed E-state index contributed by atoms with van der Waals surface area (Å²) in [6.45, 7) is 4.67. The van der Waals surface area contributed by atoms with Gasteiger partial charge in [0.15, 0.2) is 5.96 Å². The van der Waals surface area contributed by atoms with Crippen LogP contribution in [0.4, 0.5) is 4.39 Å². The van der Waals surface area contributed by atoms with Crippen LogP contribution in [0.3, 0.4) is 0 Å². The van der Waals surface area contributed by atoms with Crippen LogP contribution in [0.25, 0.3) is 0 Å². The fourth-order valence-corrected chi connectivity index (χ4v) is 3.57. The summed E-state index contributed by atoms with van der Waals surface area (Å²) >= 11 is 0. The summed E-state index contributed by atoms with van der Waals surface area (Å²) in [6, 6.07) is 7.28. The van der Waals surface area contributed by atoms with Crippen molar-refractivity contribution >= 4 is 5.96 Å². The highest BCUT2D eigenvalue weighted by atomic mass is 19.1. The number of nitrogens with zero attached hydrogens (tertiary/aromatic N) is 1. The molecule has 0 saturated carbocycles. The van der Waals surface area contributed by atoms with Gasteiger partial charge >= 0.3 is 0 Å². The summed E-state index contributed by atoms with van der Waals surface area (Å²) in [5.74, 6) is 0.597. The first-order valence-electron chi connectivity index (χ1n) is 8.37. The Hall–Kier alpha value is -1.62. The highest BCUT2D eigenvalue weighted by Crippen LogP contribution is 2.34. The van der Waals surface area contributed by atoms with Crippen LogP contribution >= 0.6 is 0 Å². The number of hydrogen-bond donors (Lipinski definition) is 2. The summed E-state index contributed by atoms with van der Waals surface area (Å²) < 4.78 is 19.9. The van der Waals surface area contributed by atoms with Gasteiger partial charge in [-0.3, -0.25) is 4.99 Å². The van der Waals surface area contributed by atoms with Crippen LogP contribution in [0.2, 0.25) is 0 Å². The normalized spacial score (nSPS) is 27.3. The summed E-state index contributed by atoms with van der Waals surface area (Å²) in [7, 11) is 1.76. The molecule has 2 aliphatic rings. The summed E-state index contributed by atoms with van der Waals surface area (Å²) in [5.41, 5.74) is 0.389. The van der Waals surface area contributed by atoms with E-state index in [-0.39, 0.29) is 11.2 Å². The molecule has 2 N–H and O–H groups in total. The van der Waals surface area contributed by atoms with Gasteiger partial charge in [-0.15, -0.1) is 0 Å². The Bertz CT molecular complexity index is 587. The zero-order valence-electron chi connectivity index (χ0n) is 14.1. The first kappa shape index (κ1) is 16.2. The smallest absolute Gasteiger partial charge is 0.191 e. The standard InChI is InChI=1S/C18H26FN3O/c1-18(2,13-6-4-5-7-14(13)19)11-21-17(20-3)22-15-10-12-8-9-16(15)23-12/h4-7,12,15-16H,8-11H2,1-3H3,(H2,20,21,22). The fraction of sp³-hybridized carbons (Fsp3) is 0.611. The van der Waals surface area contributed by atoms with Crippen molar-refractivity contribution in [1.82, 2.24) is 10.6 Å². The maximum absolute atomic E-state index is 14.0. The van der Waals surface area contributed by atoms with Crippen molar-refractivity contribution in [3.8, 4) is 0 Å². The van der Waals surface area contributed by atoms with E-state index in [1.807, 2.05) is 26.0 Å². The van der Waals surface area contributed by atoms with Crippen LogP contribution in [0.5, 0.6) is 0 Å². The Balaban J connectivity index is 1.58. The van der Waals surface area contributed by atoms with Crippen molar-refractivity contribution in [2.45, 2.75) is 56.8 Å². The number of nitrogens with one attached hydrogen (secondary N) is 2. The number of guanidine groups is 1. The Labute approximate surface area is 137 Å². The van der Waals surface area contributed by atoms with E-state index in [9.17, 15) is 4.39 Å². The van der Waals surface area contributed by atoms with Crippen molar-refractivity contribution in [3.05, 3.63) is 35.6 Å². The maximum Gasteiger partial charge on any atom is 0.191 e. The molecule has 3 atom stereocenters. The van der Waals surface area contributed by atoms with Crippen LogP contribution < -0.4 is 10.6 Å². The number of aliphatic imine (C=N–C) groups is 1. The monoisotopic (exact) mass is 319 g/mol. The van der Waals surface area contributed by atoms with Gasteiger partial charge in [-0.1, -0.05) is 32.0 Å². The SMILES string of the molecule is CN=C(NCC(C)(C)c1ccccc1F)NC1CC2CCC1O2. The van der Waals surface area contributed by atoms with E-state index >= 15 is 0 Å². The molecule has 2 aliphatic heterocycles. The van der Waals surface area contributed by atoms with Crippen LogP contribution in [0.1, 0.15) is 38.7 Å². The number of ether oxygens (including phenoxy) is 1. The molecule has 0 radical (unpaired) electrons. The molecule has 1 aromatic rings. The van der Waals surface area contributed by atoms with Crippen LogP contribution in [-0.4, -0.2) is 37.8 Å². The van der Waals surface area contributed by atoms with Crippen LogP contribution in [0, 0.1) is 5.82 Å². The summed E-state index contributed by atoms with van der Waals surface area (Å²) in [5, 5.41) is 6.79. The summed E-state index contributed by atoms with van der Waals surface area (Å²) in [6.07, 6.45) is 4.06. The average molecular weight is 319 g/mol. The molecular weight excluding hydrogens is 293 g/mol. The van der Waals surface area contributed by atoms with Gasteiger partial charge in [0.25, 0.3) is 0 Å². The molecule has 0 amide bonds. The van der Waals surface area contributed by atoms with Crippen molar-refractivity contribution in [2.75, 3.05) is 13.6 Å². The van der Waals surface area contributed by atoms with Crippen LogP contribution in [-0.2, 0) is 10.2 Å². The number of rotatable bonds is 4. The molecule has 2 bridgehead atoms. The predicted molar refractivity (Wildman–Crippen MR) is 90.2 cm³/mol. The molecule has 4 nitrogen and oxygen atoms in total. The van der Waals surface area contributed by atoms with Gasteiger partial charge in [0.2, 0.25) is 0 Å². The second-order valence-electron chi connectivity index (χ2n) is 7.15. The highest BCUT2D eigenvalue weighted by molar-refractivity contribution is 5.80. The number of halogens is 1. The van der Waals surface area contributed by atoms with Gasteiger partial charge in [-0.25, -0.2) is 4.39 Å². The molecule has 0 aliphatic carbocycles. The molecule has 1 aromatic carbocycles. The molecule has 0 aromatic heterocycles. The minimum absolute atomic E-state index is 0.163. The number of hydrogen-bond acceptors (Lipinski definition) is 2. The largest absolute Gasteiger partial charge is 0.373 e. The third-order valence-corrected chi connectivity index (χ3v) is 4.95. The molecule has 5 heteroatoms. The number of fused-ring (bicyclic) bond motifs is 2. The lowest BCUT2D eigenvalue weighted by atomic mass is 9.84. The van der Waals surface area contributed by atoms with E-state index < -0.39 is 0 Å². The molecule has 2 heterocycles. The fourth-order valence-electron chi connectivity index (χ4n) is 3.57. The molecule has 126 valence electrons. The first-order chi connectivity index (χ1) is 11.0. The van der Waals surface area contributed by atoms with Crippen molar-refractivity contribution < 1.29 is 9.13 Å². The maximum atomic E-state index is 14.0. The van der Waals surface area contributed by atoms with Crippen LogP contribution in [0.15, 0.2) is 29.3 Å². The highest BCUT2D eigenvalue weighted by Gasteiger charge is 2.41. The molecule has 2 saturated heterocycles. The molecule has 3 rings (SSSR count). The second kappa shape index (κ2) is 6.48. The lowest BCUT2D eigenvalue weighted by Crippen LogP contribution is -2.50. The predicted octanol–water partition coefficient (Wildman–Crippen LogP) is 2.59. The van der Waals surface area contributed by atoms with Gasteiger partial charge in [0, 0.05) is 19.0 Å². The second-order valence-corrected chi connectivity index (χ2v) is 7.15. The zero-order chi connectivity index (χ0) is 16.4. The Morgan fingerprint density at radius 3 is 2.74 bits per heavy atom. The molecule has 0 spiro atoms. The van der Waals surface area contributed by atoms with E-state index in [1.54, 1.807) is 13.1 Å². The van der Waals surface area contributed by atoms with E-state index in [4.69, 9.17) is 4.74 Å². The topological polar surface area (TPSA) is 45.7 Å². The van der Waals surface area contributed by atoms with E-state index in [0.717, 1.165) is 18.8 Å². The molecular formula is C18H26FN3O. The van der Waals surface area contributed by atoms with Crippen molar-refractivity contribution in [2.24, 2.45) is 4.99 Å². The average Bonchev–Trinajstić information content (AvgIpc) is 3.14.